The van der Waals surface area contributed by atoms with E-state index in [2.05, 4.69) is 10.1 Å². The minimum absolute atomic E-state index is 0.0284. The largest absolute Gasteiger partial charge is 0.477 e. The van der Waals surface area contributed by atoms with Gasteiger partial charge in [0.15, 0.2) is 12.4 Å². The third-order valence-electron chi connectivity index (χ3n) is 2.45. The van der Waals surface area contributed by atoms with Gasteiger partial charge in [-0.15, -0.1) is 0 Å². The van der Waals surface area contributed by atoms with Gasteiger partial charge in [-0.25, -0.2) is 4.79 Å². The van der Waals surface area contributed by atoms with Crippen LogP contribution in [0.3, 0.4) is 0 Å². The van der Waals surface area contributed by atoms with E-state index in [4.69, 9.17) is 4.74 Å². The van der Waals surface area contributed by atoms with Crippen LogP contribution < -0.4 is 10.1 Å². The van der Waals surface area contributed by atoms with Crippen molar-refractivity contribution in [3.05, 3.63) is 33.9 Å². The third kappa shape index (κ3) is 5.04. The fourth-order valence-corrected chi connectivity index (χ4v) is 1.62. The summed E-state index contributed by atoms with van der Waals surface area (Å²) in [6.07, 6.45) is 0. The summed E-state index contributed by atoms with van der Waals surface area (Å²) in [7, 11) is 1.18. The molecule has 0 radical (unpaired) electrons. The van der Waals surface area contributed by atoms with Crippen LogP contribution in [0.15, 0.2) is 18.2 Å². The summed E-state index contributed by atoms with van der Waals surface area (Å²) in [5.41, 5.74) is -0.812. The van der Waals surface area contributed by atoms with Crippen molar-refractivity contribution in [1.82, 2.24) is 5.32 Å². The highest BCUT2D eigenvalue weighted by Gasteiger charge is 2.21. The standard InChI is InChI=1S/C14H18N2O6/c1-14(2,3)15-12(17)8-22-11-6-5-9(13(18)21-4)7-10(11)16(19)20/h5-7H,8H2,1-4H3,(H,15,17). The number of methoxy groups -OCH3 is 1. The molecule has 0 saturated heterocycles. The number of nitro groups is 1. The maximum Gasteiger partial charge on any atom is 0.338 e. The van der Waals surface area contributed by atoms with E-state index >= 15 is 0 Å². The van der Waals surface area contributed by atoms with Gasteiger partial charge in [-0.05, 0) is 32.9 Å². The Morgan fingerprint density at radius 3 is 2.45 bits per heavy atom. The summed E-state index contributed by atoms with van der Waals surface area (Å²) < 4.78 is 9.67. The number of nitrogens with one attached hydrogen (secondary N) is 1. The number of hydrogen-bond donors (Lipinski definition) is 1. The topological polar surface area (TPSA) is 108 Å². The van der Waals surface area contributed by atoms with E-state index in [9.17, 15) is 19.7 Å². The molecule has 0 unspecified atom stereocenters. The van der Waals surface area contributed by atoms with Gasteiger partial charge in [0.05, 0.1) is 17.6 Å². The molecule has 0 aliphatic carbocycles. The van der Waals surface area contributed by atoms with Crippen molar-refractivity contribution >= 4 is 17.6 Å². The number of esters is 1. The Balaban J connectivity index is 2.89. The molecule has 1 N–H and O–H groups in total. The van der Waals surface area contributed by atoms with Gasteiger partial charge in [0.1, 0.15) is 0 Å². The highest BCUT2D eigenvalue weighted by atomic mass is 16.6. The molecule has 0 aromatic heterocycles. The number of carbonyl (C=O) groups excluding carboxylic acids is 2. The third-order valence-corrected chi connectivity index (χ3v) is 2.45. The summed E-state index contributed by atoms with van der Waals surface area (Å²) in [6.45, 7) is 5.05. The predicted molar refractivity (Wildman–Crippen MR) is 77.8 cm³/mol. The lowest BCUT2D eigenvalue weighted by Gasteiger charge is -2.20. The molecule has 0 spiro atoms. The fraction of sp³-hybridized carbons (Fsp3) is 0.429. The Morgan fingerprint density at radius 1 is 1.32 bits per heavy atom. The summed E-state index contributed by atoms with van der Waals surface area (Å²) in [6, 6.07) is 3.63. The number of nitrogens with zero attached hydrogens (tertiary/aromatic N) is 1. The first kappa shape index (κ1) is 17.4. The van der Waals surface area contributed by atoms with Crippen LogP contribution >= 0.6 is 0 Å². The highest BCUT2D eigenvalue weighted by Crippen LogP contribution is 2.28. The molecule has 0 atom stereocenters. The van der Waals surface area contributed by atoms with Crippen molar-refractivity contribution in [1.29, 1.82) is 0 Å². The van der Waals surface area contributed by atoms with Gasteiger partial charge in [-0.1, -0.05) is 0 Å². The SMILES string of the molecule is COC(=O)c1ccc(OCC(=O)NC(C)(C)C)c([N+](=O)[O-])c1. The van der Waals surface area contributed by atoms with E-state index in [1.54, 1.807) is 20.8 Å². The maximum absolute atomic E-state index is 11.7. The van der Waals surface area contributed by atoms with Gasteiger partial charge in [-0.3, -0.25) is 14.9 Å². The van der Waals surface area contributed by atoms with Crippen LogP contribution in [0.1, 0.15) is 31.1 Å². The zero-order valence-corrected chi connectivity index (χ0v) is 12.8. The van der Waals surface area contributed by atoms with Crippen molar-refractivity contribution < 1.29 is 24.0 Å². The first-order valence-electron chi connectivity index (χ1n) is 6.44. The summed E-state index contributed by atoms with van der Waals surface area (Å²) in [5.74, 6) is -1.19. The van der Waals surface area contributed by atoms with Gasteiger partial charge in [0.2, 0.25) is 0 Å². The second-order valence-corrected chi connectivity index (χ2v) is 5.52. The van der Waals surface area contributed by atoms with Crippen LogP contribution in [0.25, 0.3) is 0 Å². The van der Waals surface area contributed by atoms with Crippen molar-refractivity contribution in [2.24, 2.45) is 0 Å². The average molecular weight is 310 g/mol. The molecule has 1 aromatic carbocycles. The van der Waals surface area contributed by atoms with E-state index < -0.39 is 28.0 Å². The maximum atomic E-state index is 11.7. The number of rotatable bonds is 5. The van der Waals surface area contributed by atoms with Crippen LogP contribution in [0.5, 0.6) is 5.75 Å². The van der Waals surface area contributed by atoms with Crippen molar-refractivity contribution in [2.45, 2.75) is 26.3 Å². The smallest absolute Gasteiger partial charge is 0.338 e. The van der Waals surface area contributed by atoms with E-state index in [1.165, 1.54) is 19.2 Å². The van der Waals surface area contributed by atoms with Crippen molar-refractivity contribution in [3.63, 3.8) is 0 Å². The Morgan fingerprint density at radius 2 is 1.95 bits per heavy atom. The number of benzene rings is 1. The van der Waals surface area contributed by atoms with Crippen molar-refractivity contribution in [3.8, 4) is 5.75 Å². The quantitative estimate of drug-likeness (QED) is 0.503. The molecule has 0 saturated carbocycles. The molecular weight excluding hydrogens is 292 g/mol. The van der Waals surface area contributed by atoms with Crippen LogP contribution in [0.2, 0.25) is 0 Å². The van der Waals surface area contributed by atoms with Gasteiger partial charge in [0, 0.05) is 11.6 Å². The zero-order valence-electron chi connectivity index (χ0n) is 12.8. The fourth-order valence-electron chi connectivity index (χ4n) is 1.62. The minimum Gasteiger partial charge on any atom is -0.477 e. The molecule has 8 nitrogen and oxygen atoms in total. The molecule has 0 fully saturated rings. The van der Waals surface area contributed by atoms with Crippen LogP contribution in [0.4, 0.5) is 5.69 Å². The summed E-state index contributed by atoms with van der Waals surface area (Å²) in [5, 5.41) is 13.7. The molecule has 120 valence electrons. The number of amides is 1. The van der Waals surface area contributed by atoms with Gasteiger partial charge in [-0.2, -0.15) is 0 Å². The van der Waals surface area contributed by atoms with Gasteiger partial charge >= 0.3 is 11.7 Å². The summed E-state index contributed by atoms with van der Waals surface area (Å²) >= 11 is 0. The van der Waals surface area contributed by atoms with E-state index in [0.29, 0.717) is 0 Å². The second-order valence-electron chi connectivity index (χ2n) is 5.52. The number of hydrogen-bond acceptors (Lipinski definition) is 6. The lowest BCUT2D eigenvalue weighted by Crippen LogP contribution is -2.43. The van der Waals surface area contributed by atoms with Crippen LogP contribution in [-0.2, 0) is 9.53 Å². The first-order chi connectivity index (χ1) is 10.1. The second kappa shape index (κ2) is 6.88. The molecule has 0 bridgehead atoms. The first-order valence-corrected chi connectivity index (χ1v) is 6.44. The molecule has 0 heterocycles. The van der Waals surface area contributed by atoms with Gasteiger partial charge in [0.25, 0.3) is 5.91 Å². The molecule has 0 aliphatic rings. The number of carbonyl (C=O) groups is 2. The van der Waals surface area contributed by atoms with Crippen LogP contribution in [-0.4, -0.2) is 36.1 Å². The lowest BCUT2D eigenvalue weighted by atomic mass is 10.1. The molecule has 22 heavy (non-hydrogen) atoms. The van der Waals surface area contributed by atoms with Crippen molar-refractivity contribution in [2.75, 3.05) is 13.7 Å². The average Bonchev–Trinajstić information content (AvgIpc) is 2.42. The van der Waals surface area contributed by atoms with Gasteiger partial charge < -0.3 is 14.8 Å². The highest BCUT2D eigenvalue weighted by molar-refractivity contribution is 5.90. The Bertz CT molecular complexity index is 591. The summed E-state index contributed by atoms with van der Waals surface area (Å²) in [4.78, 5) is 33.4. The number of ether oxygens (including phenoxy) is 2. The lowest BCUT2D eigenvalue weighted by molar-refractivity contribution is -0.385. The Labute approximate surface area is 127 Å². The number of nitro benzene ring substituents is 1. The molecule has 8 heteroatoms. The zero-order chi connectivity index (χ0) is 16.9. The predicted octanol–water partition coefficient (Wildman–Crippen LogP) is 1.67. The molecule has 1 rings (SSSR count). The molecule has 1 aromatic rings. The molecule has 0 aliphatic heterocycles. The Hall–Kier alpha value is -2.64. The monoisotopic (exact) mass is 310 g/mol. The van der Waals surface area contributed by atoms with E-state index in [1.807, 2.05) is 0 Å². The normalized spacial score (nSPS) is 10.7. The van der Waals surface area contributed by atoms with E-state index in [0.717, 1.165) is 6.07 Å². The van der Waals surface area contributed by atoms with E-state index in [-0.39, 0.29) is 17.9 Å². The minimum atomic E-state index is -0.694. The molecular formula is C14H18N2O6. The molecule has 1 amide bonds. The van der Waals surface area contributed by atoms with Crippen LogP contribution in [0, 0.1) is 10.1 Å². The Kier molecular flexibility index (Phi) is 5.44.